The molecule has 0 saturated carbocycles. The topological polar surface area (TPSA) is 155 Å². The molecular weight excluding hydrogens is 424 g/mol. The molecule has 2 aromatic carbocycles. The van der Waals surface area contributed by atoms with E-state index in [9.17, 15) is 30.3 Å². The number of Topliss-reactive ketones (excluding diaryl/α,β-unsaturated/α-hetero) is 1. The van der Waals surface area contributed by atoms with Crippen molar-refractivity contribution < 1.29 is 49.3 Å². The Labute approximate surface area is 183 Å². The number of ketones is 1. The van der Waals surface area contributed by atoms with Crippen molar-refractivity contribution in [3.63, 3.8) is 0 Å². The summed E-state index contributed by atoms with van der Waals surface area (Å²) in [6, 6.07) is 9.56. The summed E-state index contributed by atoms with van der Waals surface area (Å²) in [6.07, 6.45) is -7.93. The molecule has 1 saturated heterocycles. The number of carbonyl (C=O) groups is 1. The molecule has 2 heterocycles. The van der Waals surface area contributed by atoms with E-state index in [-0.39, 0.29) is 35.0 Å². The summed E-state index contributed by atoms with van der Waals surface area (Å²) >= 11 is 0. The SMILES string of the molecule is COc1ccc([C@@H]2CC(=O)c3c(O)cc(O[C@@H]4O[C@@H](CO)[C@@H](O)[C@H](O)[C@H]4O)cc3O2)cc1. The summed E-state index contributed by atoms with van der Waals surface area (Å²) in [5, 5.41) is 49.7. The predicted molar refractivity (Wildman–Crippen MR) is 108 cm³/mol. The highest BCUT2D eigenvalue weighted by Gasteiger charge is 2.45. The first-order valence-corrected chi connectivity index (χ1v) is 10.0. The fourth-order valence-electron chi connectivity index (χ4n) is 3.79. The summed E-state index contributed by atoms with van der Waals surface area (Å²) in [6.45, 7) is -0.610. The van der Waals surface area contributed by atoms with Crippen molar-refractivity contribution in [1.29, 1.82) is 0 Å². The number of fused-ring (bicyclic) bond motifs is 1. The number of rotatable bonds is 5. The van der Waals surface area contributed by atoms with Gasteiger partial charge in [-0.2, -0.15) is 0 Å². The van der Waals surface area contributed by atoms with Gasteiger partial charge in [0.15, 0.2) is 5.78 Å². The summed E-state index contributed by atoms with van der Waals surface area (Å²) in [4.78, 5) is 12.7. The van der Waals surface area contributed by atoms with Gasteiger partial charge in [-0.25, -0.2) is 0 Å². The number of aromatic hydroxyl groups is 1. The second kappa shape index (κ2) is 8.93. The van der Waals surface area contributed by atoms with Crippen LogP contribution in [0.3, 0.4) is 0 Å². The largest absolute Gasteiger partial charge is 0.507 e. The average molecular weight is 448 g/mol. The number of aliphatic hydroxyl groups excluding tert-OH is 4. The van der Waals surface area contributed by atoms with Gasteiger partial charge in [0.25, 0.3) is 0 Å². The van der Waals surface area contributed by atoms with Crippen LogP contribution in [0.5, 0.6) is 23.0 Å². The lowest BCUT2D eigenvalue weighted by molar-refractivity contribution is -0.277. The third-order valence-electron chi connectivity index (χ3n) is 5.56. The maximum Gasteiger partial charge on any atom is 0.229 e. The summed E-state index contributed by atoms with van der Waals surface area (Å²) in [5.41, 5.74) is 0.750. The Morgan fingerprint density at radius 2 is 1.75 bits per heavy atom. The Hall–Kier alpha value is -2.89. The van der Waals surface area contributed by atoms with Crippen molar-refractivity contribution in [2.75, 3.05) is 13.7 Å². The summed E-state index contributed by atoms with van der Waals surface area (Å²) < 4.78 is 22.0. The van der Waals surface area contributed by atoms with Crippen LogP contribution in [-0.4, -0.2) is 75.7 Å². The predicted octanol–water partition coefficient (Wildman–Crippen LogP) is 0.286. The standard InChI is InChI=1S/C22H24O10/c1-29-11-4-2-10(3-5-11)15-8-14(25)18-13(24)6-12(7-16(18)31-15)30-22-21(28)20(27)19(26)17(9-23)32-22/h2-7,15,17,19-24,26-28H,8-9H2,1H3/t15-,17-,19+,20-,21+,22+/m0/s1. The van der Waals surface area contributed by atoms with Crippen LogP contribution in [0, 0.1) is 0 Å². The second-order valence-electron chi connectivity index (χ2n) is 7.64. The zero-order chi connectivity index (χ0) is 23.0. The highest BCUT2D eigenvalue weighted by molar-refractivity contribution is 6.02. The Bertz CT molecular complexity index is 973. The van der Waals surface area contributed by atoms with Crippen LogP contribution in [0.4, 0.5) is 0 Å². The van der Waals surface area contributed by atoms with E-state index >= 15 is 0 Å². The number of carbonyl (C=O) groups excluding carboxylic acids is 1. The third kappa shape index (κ3) is 4.10. The minimum absolute atomic E-state index is 0.00578. The molecule has 2 aliphatic rings. The molecule has 0 aliphatic carbocycles. The van der Waals surface area contributed by atoms with Crippen molar-refractivity contribution in [2.24, 2.45) is 0 Å². The van der Waals surface area contributed by atoms with E-state index in [0.29, 0.717) is 5.75 Å². The number of benzene rings is 2. The van der Waals surface area contributed by atoms with Gasteiger partial charge < -0.3 is 44.5 Å². The summed E-state index contributed by atoms with van der Waals surface area (Å²) in [7, 11) is 1.55. The van der Waals surface area contributed by atoms with Crippen molar-refractivity contribution in [3.05, 3.63) is 47.5 Å². The maximum absolute atomic E-state index is 12.7. The molecule has 6 atom stereocenters. The highest BCUT2D eigenvalue weighted by Crippen LogP contribution is 2.42. The van der Waals surface area contributed by atoms with E-state index in [2.05, 4.69) is 0 Å². The van der Waals surface area contributed by atoms with Crippen molar-refractivity contribution in [3.8, 4) is 23.0 Å². The number of methoxy groups -OCH3 is 1. The van der Waals surface area contributed by atoms with Crippen LogP contribution in [-0.2, 0) is 4.74 Å². The van der Waals surface area contributed by atoms with Gasteiger partial charge in [0.1, 0.15) is 59.1 Å². The molecule has 172 valence electrons. The lowest BCUT2D eigenvalue weighted by Gasteiger charge is -2.39. The molecule has 32 heavy (non-hydrogen) atoms. The Morgan fingerprint density at radius 1 is 1.03 bits per heavy atom. The molecule has 2 aromatic rings. The first kappa shape index (κ1) is 22.3. The van der Waals surface area contributed by atoms with E-state index < -0.39 is 43.4 Å². The molecule has 0 radical (unpaired) electrons. The van der Waals surface area contributed by atoms with Gasteiger partial charge >= 0.3 is 0 Å². The van der Waals surface area contributed by atoms with Crippen molar-refractivity contribution in [1.82, 2.24) is 0 Å². The van der Waals surface area contributed by atoms with Crippen molar-refractivity contribution >= 4 is 5.78 Å². The molecule has 10 heteroatoms. The lowest BCUT2D eigenvalue weighted by atomic mass is 9.95. The highest BCUT2D eigenvalue weighted by atomic mass is 16.7. The molecule has 1 fully saturated rings. The van der Waals surface area contributed by atoms with E-state index in [4.69, 9.17) is 18.9 Å². The molecule has 4 rings (SSSR count). The van der Waals surface area contributed by atoms with Crippen LogP contribution < -0.4 is 14.2 Å². The average Bonchev–Trinajstić information content (AvgIpc) is 2.79. The minimum Gasteiger partial charge on any atom is -0.507 e. The number of phenolic OH excluding ortho intramolecular Hbond substituents is 1. The molecule has 2 aliphatic heterocycles. The zero-order valence-corrected chi connectivity index (χ0v) is 17.1. The van der Waals surface area contributed by atoms with Gasteiger partial charge in [0.2, 0.25) is 6.29 Å². The van der Waals surface area contributed by atoms with Gasteiger partial charge in [-0.15, -0.1) is 0 Å². The molecule has 0 amide bonds. The summed E-state index contributed by atoms with van der Waals surface area (Å²) in [5.74, 6) is 0.0452. The Balaban J connectivity index is 1.58. The van der Waals surface area contributed by atoms with Crippen LogP contribution in [0.25, 0.3) is 0 Å². The second-order valence-corrected chi connectivity index (χ2v) is 7.64. The quantitative estimate of drug-likeness (QED) is 0.431. The van der Waals surface area contributed by atoms with Gasteiger partial charge in [0, 0.05) is 12.1 Å². The maximum atomic E-state index is 12.7. The first-order valence-electron chi connectivity index (χ1n) is 10.0. The van der Waals surface area contributed by atoms with Crippen molar-refractivity contribution in [2.45, 2.75) is 43.2 Å². The molecule has 0 bridgehead atoms. The Kier molecular flexibility index (Phi) is 6.22. The first-order chi connectivity index (χ1) is 15.3. The number of phenols is 1. The van der Waals surface area contributed by atoms with Crippen LogP contribution >= 0.6 is 0 Å². The number of aliphatic hydroxyl groups is 4. The number of ether oxygens (including phenoxy) is 4. The molecule has 10 nitrogen and oxygen atoms in total. The molecular formula is C22H24O10. The van der Waals surface area contributed by atoms with Gasteiger partial charge in [-0.05, 0) is 17.7 Å². The number of hydrogen-bond acceptors (Lipinski definition) is 10. The lowest BCUT2D eigenvalue weighted by Crippen LogP contribution is -2.60. The van der Waals surface area contributed by atoms with Gasteiger partial charge in [-0.3, -0.25) is 4.79 Å². The molecule has 0 aromatic heterocycles. The van der Waals surface area contributed by atoms with Gasteiger partial charge in [0.05, 0.1) is 20.1 Å². The Morgan fingerprint density at radius 3 is 2.41 bits per heavy atom. The third-order valence-corrected chi connectivity index (χ3v) is 5.56. The minimum atomic E-state index is -1.62. The van der Waals surface area contributed by atoms with Crippen LogP contribution in [0.2, 0.25) is 0 Å². The normalized spacial score (nSPS) is 29.7. The van der Waals surface area contributed by atoms with Gasteiger partial charge in [-0.1, -0.05) is 12.1 Å². The monoisotopic (exact) mass is 448 g/mol. The fraction of sp³-hybridized carbons (Fsp3) is 0.409. The van der Waals surface area contributed by atoms with E-state index in [1.807, 2.05) is 0 Å². The van der Waals surface area contributed by atoms with E-state index in [1.165, 1.54) is 6.07 Å². The van der Waals surface area contributed by atoms with Crippen LogP contribution in [0.15, 0.2) is 36.4 Å². The molecule has 0 unspecified atom stereocenters. The zero-order valence-electron chi connectivity index (χ0n) is 17.1. The molecule has 0 spiro atoms. The van der Waals surface area contributed by atoms with Crippen LogP contribution in [0.1, 0.15) is 28.4 Å². The molecule has 5 N–H and O–H groups in total. The van der Waals surface area contributed by atoms with E-state index in [1.54, 1.807) is 31.4 Å². The van der Waals surface area contributed by atoms with E-state index in [0.717, 1.165) is 11.6 Å². The number of hydrogen-bond donors (Lipinski definition) is 5. The smallest absolute Gasteiger partial charge is 0.229 e. The fourth-order valence-corrected chi connectivity index (χ4v) is 3.79.